The van der Waals surface area contributed by atoms with Crippen LogP contribution in [-0.4, -0.2) is 25.2 Å². The van der Waals surface area contributed by atoms with Crippen molar-refractivity contribution in [2.75, 3.05) is 14.2 Å². The van der Waals surface area contributed by atoms with Crippen LogP contribution in [0, 0.1) is 0 Å². The smallest absolute Gasteiger partial charge is 0.318 e. The van der Waals surface area contributed by atoms with E-state index >= 15 is 0 Å². The summed E-state index contributed by atoms with van der Waals surface area (Å²) in [6, 6.07) is 13.1. The fourth-order valence-corrected chi connectivity index (χ4v) is 3.38. The van der Waals surface area contributed by atoms with Crippen molar-refractivity contribution in [1.29, 1.82) is 0 Å². The third-order valence-corrected chi connectivity index (χ3v) is 4.89. The van der Waals surface area contributed by atoms with Crippen LogP contribution in [0.2, 0.25) is 0 Å². The van der Waals surface area contributed by atoms with Crippen molar-refractivity contribution < 1.29 is 18.7 Å². The summed E-state index contributed by atoms with van der Waals surface area (Å²) >= 11 is 1.62. The Kier molecular flexibility index (Phi) is 6.38. The van der Waals surface area contributed by atoms with Crippen molar-refractivity contribution in [2.45, 2.75) is 19.6 Å². The molecule has 3 rings (SSSR count). The molecule has 6 nitrogen and oxygen atoms in total. The number of urea groups is 1. The highest BCUT2D eigenvalue weighted by Gasteiger charge is 2.16. The zero-order chi connectivity index (χ0) is 19.1. The molecular weight excluding hydrogens is 364 g/mol. The van der Waals surface area contributed by atoms with Crippen LogP contribution in [0.5, 0.6) is 11.5 Å². The predicted molar refractivity (Wildman–Crippen MR) is 104 cm³/mol. The van der Waals surface area contributed by atoms with Gasteiger partial charge in [0, 0.05) is 11.4 Å². The number of thiophene rings is 1. The third-order valence-electron chi connectivity index (χ3n) is 4.03. The maximum atomic E-state index is 12.8. The summed E-state index contributed by atoms with van der Waals surface area (Å²) in [4.78, 5) is 15.6. The van der Waals surface area contributed by atoms with Crippen molar-refractivity contribution in [3.8, 4) is 11.5 Å². The number of benzene rings is 1. The molecule has 0 spiro atoms. The molecule has 2 heterocycles. The molecule has 3 aromatic rings. The van der Waals surface area contributed by atoms with E-state index in [2.05, 4.69) is 5.32 Å². The molecule has 2 amide bonds. The predicted octanol–water partition coefficient (Wildman–Crippen LogP) is 4.27. The summed E-state index contributed by atoms with van der Waals surface area (Å²) in [7, 11) is 3.18. The molecule has 0 atom stereocenters. The Morgan fingerprint density at radius 2 is 1.96 bits per heavy atom. The van der Waals surface area contributed by atoms with E-state index in [1.807, 2.05) is 47.8 Å². The SMILES string of the molecule is COc1ccc(CNC(=O)N(Cc2ccco2)Cc2cccs2)cc1OC. The first-order valence-corrected chi connectivity index (χ1v) is 9.36. The van der Waals surface area contributed by atoms with E-state index in [1.165, 1.54) is 0 Å². The molecule has 7 heteroatoms. The van der Waals surface area contributed by atoms with Crippen LogP contribution in [0.25, 0.3) is 0 Å². The highest BCUT2D eigenvalue weighted by atomic mass is 32.1. The Balaban J connectivity index is 1.66. The fourth-order valence-electron chi connectivity index (χ4n) is 2.66. The minimum Gasteiger partial charge on any atom is -0.493 e. The van der Waals surface area contributed by atoms with Gasteiger partial charge in [0.2, 0.25) is 0 Å². The van der Waals surface area contributed by atoms with Crippen molar-refractivity contribution in [3.05, 3.63) is 70.3 Å². The molecule has 2 aromatic heterocycles. The Hall–Kier alpha value is -2.93. The van der Waals surface area contributed by atoms with Gasteiger partial charge in [0.15, 0.2) is 11.5 Å². The standard InChI is InChI=1S/C20H22N2O4S/c1-24-18-8-7-15(11-19(18)25-2)12-21-20(23)22(13-16-5-3-9-26-16)14-17-6-4-10-27-17/h3-11H,12-14H2,1-2H3,(H,21,23). The fraction of sp³-hybridized carbons (Fsp3) is 0.250. The van der Waals surface area contributed by atoms with Crippen molar-refractivity contribution in [1.82, 2.24) is 10.2 Å². The second kappa shape index (κ2) is 9.14. The monoisotopic (exact) mass is 386 g/mol. The molecule has 0 radical (unpaired) electrons. The van der Waals surface area contributed by atoms with Crippen LogP contribution in [0.1, 0.15) is 16.2 Å². The molecular formula is C20H22N2O4S. The zero-order valence-electron chi connectivity index (χ0n) is 15.3. The van der Waals surface area contributed by atoms with Crippen LogP contribution in [0.4, 0.5) is 4.79 Å². The molecule has 27 heavy (non-hydrogen) atoms. The number of methoxy groups -OCH3 is 2. The molecule has 0 bridgehead atoms. The summed E-state index contributed by atoms with van der Waals surface area (Å²) in [5.41, 5.74) is 0.926. The summed E-state index contributed by atoms with van der Waals surface area (Å²) in [6.07, 6.45) is 1.61. The van der Waals surface area contributed by atoms with Gasteiger partial charge in [-0.2, -0.15) is 0 Å². The van der Waals surface area contributed by atoms with E-state index < -0.39 is 0 Å². The average Bonchev–Trinajstić information content (AvgIpc) is 3.39. The van der Waals surface area contributed by atoms with Crippen LogP contribution >= 0.6 is 11.3 Å². The van der Waals surface area contributed by atoms with Crippen LogP contribution < -0.4 is 14.8 Å². The van der Waals surface area contributed by atoms with Gasteiger partial charge in [-0.05, 0) is 41.3 Å². The van der Waals surface area contributed by atoms with E-state index in [4.69, 9.17) is 13.9 Å². The summed E-state index contributed by atoms with van der Waals surface area (Å²) in [5, 5.41) is 4.97. The number of carbonyl (C=O) groups is 1. The van der Waals surface area contributed by atoms with E-state index in [0.29, 0.717) is 31.1 Å². The zero-order valence-corrected chi connectivity index (χ0v) is 16.1. The molecule has 0 saturated heterocycles. The molecule has 0 aliphatic rings. The van der Waals surface area contributed by atoms with Gasteiger partial charge in [-0.15, -0.1) is 11.3 Å². The minimum absolute atomic E-state index is 0.158. The number of nitrogens with zero attached hydrogens (tertiary/aromatic N) is 1. The third kappa shape index (κ3) is 5.04. The number of carbonyl (C=O) groups excluding carboxylic acids is 1. The van der Waals surface area contributed by atoms with Gasteiger partial charge in [-0.3, -0.25) is 0 Å². The number of rotatable bonds is 8. The summed E-state index contributed by atoms with van der Waals surface area (Å²) in [5.74, 6) is 2.04. The molecule has 0 fully saturated rings. The normalized spacial score (nSPS) is 10.4. The maximum absolute atomic E-state index is 12.8. The van der Waals surface area contributed by atoms with Crippen molar-refractivity contribution in [3.63, 3.8) is 0 Å². The number of hydrogen-bond donors (Lipinski definition) is 1. The number of nitrogens with one attached hydrogen (secondary N) is 1. The van der Waals surface area contributed by atoms with E-state index in [0.717, 1.165) is 16.2 Å². The van der Waals surface area contributed by atoms with Gasteiger partial charge in [-0.1, -0.05) is 12.1 Å². The van der Waals surface area contributed by atoms with Gasteiger partial charge in [0.1, 0.15) is 5.76 Å². The van der Waals surface area contributed by atoms with Gasteiger partial charge in [0.05, 0.1) is 33.6 Å². The van der Waals surface area contributed by atoms with E-state index in [-0.39, 0.29) is 6.03 Å². The van der Waals surface area contributed by atoms with E-state index in [9.17, 15) is 4.79 Å². The lowest BCUT2D eigenvalue weighted by atomic mass is 10.2. The average molecular weight is 386 g/mol. The lowest BCUT2D eigenvalue weighted by molar-refractivity contribution is 0.187. The van der Waals surface area contributed by atoms with Crippen LogP contribution in [-0.2, 0) is 19.6 Å². The first-order chi connectivity index (χ1) is 13.2. The van der Waals surface area contributed by atoms with Gasteiger partial charge < -0.3 is 24.1 Å². The molecule has 0 aliphatic carbocycles. The van der Waals surface area contributed by atoms with Crippen molar-refractivity contribution in [2.24, 2.45) is 0 Å². The Morgan fingerprint density at radius 3 is 2.63 bits per heavy atom. The largest absolute Gasteiger partial charge is 0.493 e. The van der Waals surface area contributed by atoms with Crippen molar-refractivity contribution >= 4 is 17.4 Å². The molecule has 0 aliphatic heterocycles. The maximum Gasteiger partial charge on any atom is 0.318 e. The molecule has 1 aromatic carbocycles. The summed E-state index contributed by atoms with van der Waals surface area (Å²) < 4.78 is 16.0. The van der Waals surface area contributed by atoms with Gasteiger partial charge in [0.25, 0.3) is 0 Å². The number of furan rings is 1. The number of hydrogen-bond acceptors (Lipinski definition) is 5. The Bertz CT molecular complexity index is 811. The van der Waals surface area contributed by atoms with Crippen LogP contribution in [0.15, 0.2) is 58.5 Å². The first-order valence-electron chi connectivity index (χ1n) is 8.48. The quantitative estimate of drug-likeness (QED) is 0.628. The van der Waals surface area contributed by atoms with Gasteiger partial charge in [-0.25, -0.2) is 4.79 Å². The molecule has 0 unspecified atom stereocenters. The second-order valence-electron chi connectivity index (χ2n) is 5.86. The number of amides is 2. The highest BCUT2D eigenvalue weighted by molar-refractivity contribution is 7.09. The first kappa shape index (κ1) is 18.8. The molecule has 142 valence electrons. The molecule has 0 saturated carbocycles. The second-order valence-corrected chi connectivity index (χ2v) is 6.90. The Labute approximate surface area is 162 Å². The topological polar surface area (TPSA) is 63.9 Å². The summed E-state index contributed by atoms with van der Waals surface area (Å²) in [6.45, 7) is 1.32. The van der Waals surface area contributed by atoms with E-state index in [1.54, 1.807) is 36.7 Å². The molecule has 1 N–H and O–H groups in total. The van der Waals surface area contributed by atoms with Gasteiger partial charge >= 0.3 is 6.03 Å². The Morgan fingerprint density at radius 1 is 1.11 bits per heavy atom. The lowest BCUT2D eigenvalue weighted by Gasteiger charge is -2.22. The highest BCUT2D eigenvalue weighted by Crippen LogP contribution is 2.27. The minimum atomic E-state index is -0.158. The number of ether oxygens (including phenoxy) is 2. The van der Waals surface area contributed by atoms with Crippen LogP contribution in [0.3, 0.4) is 0 Å². The lowest BCUT2D eigenvalue weighted by Crippen LogP contribution is -2.38.